The van der Waals surface area contributed by atoms with Crippen molar-refractivity contribution in [3.05, 3.63) is 44.9 Å². The molecule has 3 heterocycles. The molecule has 0 aromatic carbocycles. The van der Waals surface area contributed by atoms with Gasteiger partial charge in [-0.05, 0) is 19.8 Å². The van der Waals surface area contributed by atoms with E-state index in [9.17, 15) is 14.4 Å². The maximum absolute atomic E-state index is 12.1. The Labute approximate surface area is 144 Å². The minimum absolute atomic E-state index is 0.0906. The summed E-state index contributed by atoms with van der Waals surface area (Å²) in [6.45, 7) is 3.90. The normalized spacial score (nSPS) is 15.3. The van der Waals surface area contributed by atoms with Crippen LogP contribution in [0, 0.1) is 6.92 Å². The minimum atomic E-state index is -0.497. The maximum Gasteiger partial charge on any atom is 0.328 e. The summed E-state index contributed by atoms with van der Waals surface area (Å²) in [4.78, 5) is 39.1. The highest BCUT2D eigenvalue weighted by Crippen LogP contribution is 2.18. The zero-order valence-electron chi connectivity index (χ0n) is 14.1. The summed E-state index contributed by atoms with van der Waals surface area (Å²) < 4.78 is 1.32. The average Bonchev–Trinajstić information content (AvgIpc) is 3.01. The molecule has 25 heavy (non-hydrogen) atoms. The number of aryl methyl sites for hydroxylation is 2. The Morgan fingerprint density at radius 3 is 2.76 bits per heavy atom. The van der Waals surface area contributed by atoms with Crippen LogP contribution in [0.2, 0.25) is 0 Å². The van der Waals surface area contributed by atoms with Crippen LogP contribution in [0.1, 0.15) is 25.0 Å². The molecule has 2 aromatic heterocycles. The Morgan fingerprint density at radius 1 is 1.36 bits per heavy atom. The Kier molecular flexibility index (Phi) is 5.01. The molecule has 1 saturated heterocycles. The number of rotatable bonds is 5. The standard InChI is InChI=1S/C16H22N6O3/c1-11-10-13(20-19-11)21-6-2-12(3-7-21)17-14(23)4-8-22-9-5-15(24)18-16(22)25/h5,9-10,12H,2-4,6-8H2,1H3,(H,17,23)(H,19,20)(H,18,24,25). The van der Waals surface area contributed by atoms with Gasteiger partial charge in [0, 0.05) is 56.1 Å². The van der Waals surface area contributed by atoms with E-state index < -0.39 is 11.2 Å². The Bertz CT molecular complexity index is 844. The van der Waals surface area contributed by atoms with E-state index in [1.807, 2.05) is 13.0 Å². The fourth-order valence-electron chi connectivity index (χ4n) is 2.96. The van der Waals surface area contributed by atoms with Gasteiger partial charge in [-0.3, -0.25) is 19.7 Å². The van der Waals surface area contributed by atoms with Gasteiger partial charge < -0.3 is 14.8 Å². The molecule has 3 N–H and O–H groups in total. The zero-order valence-corrected chi connectivity index (χ0v) is 14.1. The Balaban J connectivity index is 1.44. The third-order valence-electron chi connectivity index (χ3n) is 4.35. The van der Waals surface area contributed by atoms with Crippen molar-refractivity contribution in [3.63, 3.8) is 0 Å². The number of carbonyl (C=O) groups is 1. The summed E-state index contributed by atoms with van der Waals surface area (Å²) in [5, 5.41) is 10.2. The number of H-pyrrole nitrogens is 2. The molecule has 0 saturated carbocycles. The number of nitrogens with zero attached hydrogens (tertiary/aromatic N) is 3. The molecule has 0 bridgehead atoms. The van der Waals surface area contributed by atoms with E-state index in [4.69, 9.17) is 0 Å². The number of piperidine rings is 1. The summed E-state index contributed by atoms with van der Waals surface area (Å²) >= 11 is 0. The van der Waals surface area contributed by atoms with Crippen LogP contribution in [0.3, 0.4) is 0 Å². The van der Waals surface area contributed by atoms with Crippen LogP contribution in [0.5, 0.6) is 0 Å². The first-order valence-corrected chi connectivity index (χ1v) is 8.37. The summed E-state index contributed by atoms with van der Waals surface area (Å²) in [5.41, 5.74) is 0.0930. The minimum Gasteiger partial charge on any atom is -0.355 e. The van der Waals surface area contributed by atoms with E-state index in [0.717, 1.165) is 37.4 Å². The van der Waals surface area contributed by atoms with Gasteiger partial charge in [0.25, 0.3) is 5.56 Å². The molecule has 9 heteroatoms. The van der Waals surface area contributed by atoms with Crippen LogP contribution in [0.25, 0.3) is 0 Å². The molecule has 1 aliphatic heterocycles. The number of hydrogen-bond donors (Lipinski definition) is 3. The van der Waals surface area contributed by atoms with E-state index in [2.05, 4.69) is 25.4 Å². The van der Waals surface area contributed by atoms with E-state index >= 15 is 0 Å². The molecule has 1 fully saturated rings. The smallest absolute Gasteiger partial charge is 0.328 e. The predicted molar refractivity (Wildman–Crippen MR) is 92.6 cm³/mol. The van der Waals surface area contributed by atoms with Gasteiger partial charge in [-0.2, -0.15) is 5.10 Å². The number of carbonyl (C=O) groups excluding carboxylic acids is 1. The molecule has 0 unspecified atom stereocenters. The van der Waals surface area contributed by atoms with Gasteiger partial charge in [0.15, 0.2) is 5.82 Å². The topological polar surface area (TPSA) is 116 Å². The SMILES string of the molecule is Cc1cc(N2CCC(NC(=O)CCn3ccc(=O)[nH]c3=O)CC2)n[nH]1. The highest BCUT2D eigenvalue weighted by Gasteiger charge is 2.22. The first kappa shape index (κ1) is 17.0. The molecule has 0 aliphatic carbocycles. The van der Waals surface area contributed by atoms with Crippen molar-refractivity contribution in [2.45, 2.75) is 38.8 Å². The van der Waals surface area contributed by atoms with Gasteiger partial charge >= 0.3 is 5.69 Å². The number of nitrogens with one attached hydrogen (secondary N) is 3. The van der Waals surface area contributed by atoms with Crippen molar-refractivity contribution in [2.75, 3.05) is 18.0 Å². The average molecular weight is 346 g/mol. The van der Waals surface area contributed by atoms with Crippen LogP contribution < -0.4 is 21.5 Å². The van der Waals surface area contributed by atoms with Crippen molar-refractivity contribution in [2.24, 2.45) is 0 Å². The van der Waals surface area contributed by atoms with Crippen molar-refractivity contribution in [3.8, 4) is 0 Å². The zero-order chi connectivity index (χ0) is 17.8. The number of aromatic amines is 2. The lowest BCUT2D eigenvalue weighted by atomic mass is 10.0. The summed E-state index contributed by atoms with van der Waals surface area (Å²) in [6.07, 6.45) is 3.32. The molecular formula is C16H22N6O3. The lowest BCUT2D eigenvalue weighted by molar-refractivity contribution is -0.122. The molecule has 3 rings (SSSR count). The van der Waals surface area contributed by atoms with Crippen LogP contribution in [-0.2, 0) is 11.3 Å². The highest BCUT2D eigenvalue weighted by molar-refractivity contribution is 5.76. The first-order chi connectivity index (χ1) is 12.0. The first-order valence-electron chi connectivity index (χ1n) is 8.37. The van der Waals surface area contributed by atoms with E-state index in [-0.39, 0.29) is 24.9 Å². The van der Waals surface area contributed by atoms with Gasteiger partial charge in [-0.25, -0.2) is 4.79 Å². The van der Waals surface area contributed by atoms with Crippen LogP contribution in [-0.4, -0.2) is 44.8 Å². The fraction of sp³-hybridized carbons (Fsp3) is 0.500. The molecular weight excluding hydrogens is 324 g/mol. The van der Waals surface area contributed by atoms with Gasteiger partial charge in [0.2, 0.25) is 5.91 Å². The number of anilines is 1. The van der Waals surface area contributed by atoms with Crippen molar-refractivity contribution < 1.29 is 4.79 Å². The fourth-order valence-corrected chi connectivity index (χ4v) is 2.96. The van der Waals surface area contributed by atoms with E-state index in [1.54, 1.807) is 0 Å². The van der Waals surface area contributed by atoms with Gasteiger partial charge in [0.05, 0.1) is 0 Å². The maximum atomic E-state index is 12.1. The quantitative estimate of drug-likeness (QED) is 0.690. The molecule has 1 aliphatic rings. The molecule has 0 radical (unpaired) electrons. The van der Waals surface area contributed by atoms with Gasteiger partial charge in [-0.15, -0.1) is 0 Å². The monoisotopic (exact) mass is 346 g/mol. The van der Waals surface area contributed by atoms with Crippen LogP contribution in [0.4, 0.5) is 5.82 Å². The van der Waals surface area contributed by atoms with Crippen molar-refractivity contribution in [1.82, 2.24) is 25.1 Å². The lowest BCUT2D eigenvalue weighted by Gasteiger charge is -2.32. The summed E-state index contributed by atoms with van der Waals surface area (Å²) in [6, 6.07) is 3.42. The van der Waals surface area contributed by atoms with E-state index in [0.29, 0.717) is 0 Å². The van der Waals surface area contributed by atoms with Crippen LogP contribution >= 0.6 is 0 Å². The van der Waals surface area contributed by atoms with Crippen molar-refractivity contribution in [1.29, 1.82) is 0 Å². The molecule has 2 aromatic rings. The molecule has 0 atom stereocenters. The summed E-state index contributed by atoms with van der Waals surface area (Å²) in [7, 11) is 0. The Morgan fingerprint density at radius 2 is 2.12 bits per heavy atom. The molecule has 1 amide bonds. The molecule has 9 nitrogen and oxygen atoms in total. The van der Waals surface area contributed by atoms with Crippen LogP contribution in [0.15, 0.2) is 27.9 Å². The number of amides is 1. The molecule has 0 spiro atoms. The number of aromatic nitrogens is 4. The third-order valence-corrected chi connectivity index (χ3v) is 4.35. The lowest BCUT2D eigenvalue weighted by Crippen LogP contribution is -2.45. The van der Waals surface area contributed by atoms with Crippen molar-refractivity contribution >= 4 is 11.7 Å². The Hall–Kier alpha value is -2.84. The predicted octanol–water partition coefficient (Wildman–Crippen LogP) is -0.257. The van der Waals surface area contributed by atoms with E-state index in [1.165, 1.54) is 16.8 Å². The van der Waals surface area contributed by atoms with Gasteiger partial charge in [0.1, 0.15) is 0 Å². The third kappa shape index (κ3) is 4.37. The van der Waals surface area contributed by atoms with Gasteiger partial charge in [-0.1, -0.05) is 0 Å². The number of hydrogen-bond acceptors (Lipinski definition) is 5. The molecule has 134 valence electrons. The second kappa shape index (κ2) is 7.37. The second-order valence-corrected chi connectivity index (χ2v) is 6.29. The summed E-state index contributed by atoms with van der Waals surface area (Å²) in [5.74, 6) is 0.854. The largest absolute Gasteiger partial charge is 0.355 e. The highest BCUT2D eigenvalue weighted by atomic mass is 16.2. The second-order valence-electron chi connectivity index (χ2n) is 6.29.